The fourth-order valence-electron chi connectivity index (χ4n) is 3.81. The molecule has 0 aliphatic carbocycles. The van der Waals surface area contributed by atoms with Gasteiger partial charge in [0, 0.05) is 40.5 Å². The molecular formula is C23H21FN6O. The van der Waals surface area contributed by atoms with Crippen molar-refractivity contribution < 1.29 is 9.50 Å². The highest BCUT2D eigenvalue weighted by molar-refractivity contribution is 5.83. The number of aliphatic hydroxyl groups is 1. The fraction of sp³-hybridized carbons (Fsp3) is 0.174. The van der Waals surface area contributed by atoms with Crippen LogP contribution in [0.3, 0.4) is 0 Å². The van der Waals surface area contributed by atoms with E-state index in [1.54, 1.807) is 23.0 Å². The van der Waals surface area contributed by atoms with Crippen molar-refractivity contribution in [1.29, 1.82) is 0 Å². The summed E-state index contributed by atoms with van der Waals surface area (Å²) < 4.78 is 15.4. The minimum Gasteiger partial charge on any atom is -0.394 e. The van der Waals surface area contributed by atoms with Gasteiger partial charge in [-0.15, -0.1) is 0 Å². The number of para-hydroxylation sites is 1. The molecule has 4 aromatic heterocycles. The summed E-state index contributed by atoms with van der Waals surface area (Å²) in [6.45, 7) is 1.85. The first-order valence-corrected chi connectivity index (χ1v) is 10.0. The molecular weight excluding hydrogens is 395 g/mol. The second-order valence-electron chi connectivity index (χ2n) is 7.57. The number of hydrogen-bond acceptors (Lipinski definition) is 5. The average Bonchev–Trinajstić information content (AvgIpc) is 3.37. The first-order chi connectivity index (χ1) is 15.1. The lowest BCUT2D eigenvalue weighted by Crippen LogP contribution is -2.27. The molecule has 1 unspecified atom stereocenters. The van der Waals surface area contributed by atoms with Crippen LogP contribution in [0.25, 0.3) is 27.8 Å². The highest BCUT2D eigenvalue weighted by Crippen LogP contribution is 2.25. The molecule has 7 nitrogen and oxygen atoms in total. The molecule has 3 N–H and O–H groups in total. The zero-order valence-corrected chi connectivity index (χ0v) is 16.9. The number of fused-ring (bicyclic) bond motifs is 2. The Kier molecular flexibility index (Phi) is 4.83. The van der Waals surface area contributed by atoms with Crippen LogP contribution in [0.5, 0.6) is 0 Å². The number of aromatic nitrogens is 5. The Hall–Kier alpha value is -3.78. The van der Waals surface area contributed by atoms with Crippen molar-refractivity contribution in [2.45, 2.75) is 19.4 Å². The van der Waals surface area contributed by atoms with E-state index in [-0.39, 0.29) is 12.6 Å². The van der Waals surface area contributed by atoms with Gasteiger partial charge in [-0.1, -0.05) is 18.2 Å². The van der Waals surface area contributed by atoms with Crippen LogP contribution in [-0.2, 0) is 6.42 Å². The molecule has 0 saturated heterocycles. The van der Waals surface area contributed by atoms with Crippen LogP contribution in [0.15, 0.2) is 61.2 Å². The maximum Gasteiger partial charge on any atom is 0.160 e. The number of anilines is 1. The number of nitrogens with one attached hydrogen (secondary N) is 2. The van der Waals surface area contributed by atoms with Crippen molar-refractivity contribution in [3.05, 3.63) is 78.1 Å². The van der Waals surface area contributed by atoms with Gasteiger partial charge in [-0.2, -0.15) is 9.61 Å². The Bertz CT molecular complexity index is 1380. The molecule has 0 spiro atoms. The van der Waals surface area contributed by atoms with Gasteiger partial charge in [0.05, 0.1) is 30.7 Å². The topological polar surface area (TPSA) is 91.1 Å². The molecule has 1 aromatic carbocycles. The van der Waals surface area contributed by atoms with Crippen molar-refractivity contribution in [3.8, 4) is 11.3 Å². The Balaban J connectivity index is 1.52. The van der Waals surface area contributed by atoms with Crippen molar-refractivity contribution in [2.24, 2.45) is 0 Å². The van der Waals surface area contributed by atoms with E-state index in [2.05, 4.69) is 31.4 Å². The highest BCUT2D eigenvalue weighted by Gasteiger charge is 2.16. The van der Waals surface area contributed by atoms with Crippen LogP contribution in [0.4, 0.5) is 10.2 Å². The van der Waals surface area contributed by atoms with E-state index in [9.17, 15) is 9.50 Å². The summed E-state index contributed by atoms with van der Waals surface area (Å²) >= 11 is 0. The smallest absolute Gasteiger partial charge is 0.160 e. The molecule has 156 valence electrons. The molecule has 31 heavy (non-hydrogen) atoms. The molecule has 0 radical (unpaired) electrons. The molecule has 8 heteroatoms. The number of benzene rings is 1. The third kappa shape index (κ3) is 3.62. The molecule has 4 heterocycles. The summed E-state index contributed by atoms with van der Waals surface area (Å²) in [6, 6.07) is 11.0. The van der Waals surface area contributed by atoms with E-state index in [4.69, 9.17) is 0 Å². The molecule has 5 rings (SSSR count). The molecule has 1 atom stereocenters. The second-order valence-corrected chi connectivity index (χ2v) is 7.57. The predicted molar refractivity (Wildman–Crippen MR) is 117 cm³/mol. The number of pyridine rings is 1. The molecule has 0 bridgehead atoms. The molecule has 0 aliphatic rings. The summed E-state index contributed by atoms with van der Waals surface area (Å²) in [5.41, 5.74) is 4.87. The van der Waals surface area contributed by atoms with Crippen molar-refractivity contribution in [1.82, 2.24) is 24.6 Å². The number of H-pyrrole nitrogens is 1. The van der Waals surface area contributed by atoms with E-state index < -0.39 is 5.82 Å². The second kappa shape index (κ2) is 7.81. The number of aromatic amines is 1. The molecule has 0 fully saturated rings. The van der Waals surface area contributed by atoms with Gasteiger partial charge in [-0.05, 0) is 31.0 Å². The lowest BCUT2D eigenvalue weighted by atomic mass is 10.1. The third-order valence-corrected chi connectivity index (χ3v) is 5.36. The van der Waals surface area contributed by atoms with Crippen molar-refractivity contribution in [2.75, 3.05) is 11.9 Å². The van der Waals surface area contributed by atoms with Crippen LogP contribution >= 0.6 is 0 Å². The number of rotatable bonds is 6. The van der Waals surface area contributed by atoms with Gasteiger partial charge < -0.3 is 15.4 Å². The Labute approximate surface area is 177 Å². The normalized spacial score (nSPS) is 12.5. The van der Waals surface area contributed by atoms with E-state index in [0.717, 1.165) is 28.2 Å². The number of halogens is 1. The van der Waals surface area contributed by atoms with Gasteiger partial charge in [-0.25, -0.2) is 9.37 Å². The zero-order chi connectivity index (χ0) is 21.4. The largest absolute Gasteiger partial charge is 0.394 e. The van der Waals surface area contributed by atoms with E-state index in [0.29, 0.717) is 29.1 Å². The van der Waals surface area contributed by atoms with E-state index in [1.807, 2.05) is 31.3 Å². The summed E-state index contributed by atoms with van der Waals surface area (Å²) in [6.07, 6.45) is 7.05. The van der Waals surface area contributed by atoms with Gasteiger partial charge in [0.2, 0.25) is 0 Å². The number of aliphatic hydroxyl groups excluding tert-OH is 1. The van der Waals surface area contributed by atoms with E-state index in [1.165, 1.54) is 6.07 Å². The fourth-order valence-corrected chi connectivity index (χ4v) is 3.81. The summed E-state index contributed by atoms with van der Waals surface area (Å²) in [5.74, 6) is 0.239. The first-order valence-electron chi connectivity index (χ1n) is 10.0. The van der Waals surface area contributed by atoms with Gasteiger partial charge >= 0.3 is 0 Å². The third-order valence-electron chi connectivity index (χ3n) is 5.36. The van der Waals surface area contributed by atoms with Crippen LogP contribution in [0, 0.1) is 12.7 Å². The first kappa shape index (κ1) is 19.2. The molecule has 0 saturated carbocycles. The van der Waals surface area contributed by atoms with Gasteiger partial charge in [-0.3, -0.25) is 4.98 Å². The molecule has 5 aromatic rings. The van der Waals surface area contributed by atoms with Crippen molar-refractivity contribution >= 4 is 22.4 Å². The molecule has 0 amide bonds. The minimum absolute atomic E-state index is 0.0690. The summed E-state index contributed by atoms with van der Waals surface area (Å²) in [7, 11) is 0. The van der Waals surface area contributed by atoms with E-state index >= 15 is 0 Å². The number of nitrogens with zero attached hydrogens (tertiary/aromatic N) is 4. The van der Waals surface area contributed by atoms with Crippen molar-refractivity contribution in [3.63, 3.8) is 0 Å². The van der Waals surface area contributed by atoms with Crippen LogP contribution in [0.1, 0.15) is 11.1 Å². The van der Waals surface area contributed by atoms with Gasteiger partial charge in [0.25, 0.3) is 0 Å². The standard InChI is InChI=1S/C23H21FN6O/c1-14-9-27-30-22(8-21(29-23(14)30)16-6-17(24)12-25-10-16)28-18(13-31)7-15-11-26-20-5-3-2-4-19(15)20/h2-6,8-12,18,26,28,31H,7,13H2,1H3. The zero-order valence-electron chi connectivity index (χ0n) is 16.9. The quantitative estimate of drug-likeness (QED) is 0.392. The lowest BCUT2D eigenvalue weighted by molar-refractivity contribution is 0.273. The van der Waals surface area contributed by atoms with Crippen LogP contribution in [-0.4, -0.2) is 42.3 Å². The predicted octanol–water partition coefficient (Wildman–Crippen LogP) is 3.74. The SMILES string of the molecule is Cc1cnn2c(NC(CO)Cc3c[nH]c4ccccc34)cc(-c3cncc(F)c3)nc12. The van der Waals surface area contributed by atoms with Gasteiger partial charge in [0.15, 0.2) is 5.65 Å². The maximum absolute atomic E-state index is 13.7. The van der Waals surface area contributed by atoms with Gasteiger partial charge in [0.1, 0.15) is 11.6 Å². The highest BCUT2D eigenvalue weighted by atomic mass is 19.1. The Morgan fingerprint density at radius 1 is 1.19 bits per heavy atom. The monoisotopic (exact) mass is 416 g/mol. The number of hydrogen-bond donors (Lipinski definition) is 3. The lowest BCUT2D eigenvalue weighted by Gasteiger charge is -2.19. The summed E-state index contributed by atoms with van der Waals surface area (Å²) in [4.78, 5) is 11.8. The summed E-state index contributed by atoms with van der Waals surface area (Å²) in [5, 5.41) is 19.0. The maximum atomic E-state index is 13.7. The Morgan fingerprint density at radius 3 is 2.90 bits per heavy atom. The average molecular weight is 416 g/mol. The van der Waals surface area contributed by atoms with Crippen LogP contribution < -0.4 is 5.32 Å². The minimum atomic E-state index is -0.425. The number of aryl methyl sites for hydroxylation is 1. The Morgan fingerprint density at radius 2 is 2.06 bits per heavy atom. The van der Waals surface area contributed by atoms with Crippen LogP contribution in [0.2, 0.25) is 0 Å². The molecule has 0 aliphatic heterocycles.